The summed E-state index contributed by atoms with van der Waals surface area (Å²) in [6.45, 7) is -1.87. The molecular weight excluding hydrogens is 347 g/mol. The Labute approximate surface area is 140 Å². The number of alkyl halides is 5. The normalized spacial score (nSPS) is 11.9. The van der Waals surface area contributed by atoms with Crippen LogP contribution in [0.2, 0.25) is 0 Å². The average Bonchev–Trinajstić information content (AvgIpc) is 2.58. The summed E-state index contributed by atoms with van der Waals surface area (Å²) in [7, 11) is 0. The highest BCUT2D eigenvalue weighted by molar-refractivity contribution is 5.76. The lowest BCUT2D eigenvalue weighted by atomic mass is 10.2. The van der Waals surface area contributed by atoms with Gasteiger partial charge in [0, 0.05) is 5.56 Å². The predicted octanol–water partition coefficient (Wildman–Crippen LogP) is 4.65. The Bertz CT molecular complexity index is 714. The first-order chi connectivity index (χ1) is 11.7. The highest BCUT2D eigenvalue weighted by Crippen LogP contribution is 2.37. The molecule has 0 saturated carbocycles. The third-order valence-corrected chi connectivity index (χ3v) is 3.16. The van der Waals surface area contributed by atoms with E-state index >= 15 is 0 Å². The van der Waals surface area contributed by atoms with Crippen molar-refractivity contribution in [3.05, 3.63) is 59.7 Å². The highest BCUT2D eigenvalue weighted by Gasteiger charge is 2.58. The lowest BCUT2D eigenvalue weighted by molar-refractivity contribution is -0.290. The van der Waals surface area contributed by atoms with Gasteiger partial charge in [0.15, 0.2) is 18.1 Å². The van der Waals surface area contributed by atoms with E-state index in [-0.39, 0.29) is 23.7 Å². The smallest absolute Gasteiger partial charge is 0.456 e. The molecule has 0 radical (unpaired) electrons. The van der Waals surface area contributed by atoms with Crippen LogP contribution < -0.4 is 9.47 Å². The Morgan fingerprint density at radius 1 is 0.880 bits per heavy atom. The van der Waals surface area contributed by atoms with E-state index in [1.807, 2.05) is 0 Å². The quantitative estimate of drug-likeness (QED) is 0.532. The number of rotatable bonds is 7. The van der Waals surface area contributed by atoms with E-state index in [0.29, 0.717) is 6.29 Å². The summed E-state index contributed by atoms with van der Waals surface area (Å²) in [4.78, 5) is 10.8. The van der Waals surface area contributed by atoms with Crippen molar-refractivity contribution < 1.29 is 36.2 Å². The Hall–Kier alpha value is -2.64. The van der Waals surface area contributed by atoms with E-state index in [9.17, 15) is 26.7 Å². The molecule has 0 aliphatic rings. The van der Waals surface area contributed by atoms with Gasteiger partial charge in [0.05, 0.1) is 0 Å². The van der Waals surface area contributed by atoms with Gasteiger partial charge in [-0.05, 0) is 23.8 Å². The van der Waals surface area contributed by atoms with Crippen LogP contribution in [0.4, 0.5) is 22.0 Å². The molecule has 2 aromatic carbocycles. The Morgan fingerprint density at radius 2 is 1.56 bits per heavy atom. The zero-order valence-electron chi connectivity index (χ0n) is 12.7. The summed E-state index contributed by atoms with van der Waals surface area (Å²) in [5.74, 6) is -5.43. The van der Waals surface area contributed by atoms with Crippen molar-refractivity contribution in [1.82, 2.24) is 0 Å². The van der Waals surface area contributed by atoms with Crippen molar-refractivity contribution in [1.29, 1.82) is 0 Å². The maximum Gasteiger partial charge on any atom is 0.456 e. The largest absolute Gasteiger partial charge is 0.485 e. The Balaban J connectivity index is 2.15. The molecule has 3 nitrogen and oxygen atoms in total. The molecule has 0 fully saturated rings. The minimum atomic E-state index is -5.72. The number of hydrogen-bond donors (Lipinski definition) is 0. The van der Waals surface area contributed by atoms with Crippen molar-refractivity contribution in [2.75, 3.05) is 6.61 Å². The van der Waals surface area contributed by atoms with Gasteiger partial charge in [0.25, 0.3) is 0 Å². The molecule has 0 spiro atoms. The summed E-state index contributed by atoms with van der Waals surface area (Å²) in [5, 5.41) is 0. The third-order valence-electron chi connectivity index (χ3n) is 3.16. The van der Waals surface area contributed by atoms with Crippen LogP contribution in [0.3, 0.4) is 0 Å². The van der Waals surface area contributed by atoms with Crippen LogP contribution >= 0.6 is 0 Å². The van der Waals surface area contributed by atoms with Crippen LogP contribution in [-0.4, -0.2) is 25.0 Å². The summed E-state index contributed by atoms with van der Waals surface area (Å²) >= 11 is 0. The molecule has 2 rings (SSSR count). The Morgan fingerprint density at radius 3 is 2.16 bits per heavy atom. The van der Waals surface area contributed by atoms with E-state index in [0.717, 1.165) is 11.6 Å². The number of benzene rings is 2. The minimum absolute atomic E-state index is 0.0230. The molecule has 0 unspecified atom stereocenters. The molecule has 0 N–H and O–H groups in total. The maximum absolute atomic E-state index is 13.0. The van der Waals surface area contributed by atoms with Gasteiger partial charge >= 0.3 is 12.1 Å². The molecule has 0 amide bonds. The molecule has 0 saturated heterocycles. The lowest BCUT2D eigenvalue weighted by Gasteiger charge is -2.21. The maximum atomic E-state index is 13.0. The van der Waals surface area contributed by atoms with Crippen molar-refractivity contribution in [3.8, 4) is 11.5 Å². The van der Waals surface area contributed by atoms with E-state index in [1.54, 1.807) is 30.3 Å². The zero-order chi connectivity index (χ0) is 18.5. The average molecular weight is 360 g/mol. The molecule has 0 bridgehead atoms. The molecule has 0 aromatic heterocycles. The van der Waals surface area contributed by atoms with Crippen LogP contribution in [-0.2, 0) is 6.61 Å². The second kappa shape index (κ2) is 7.50. The molecule has 8 heteroatoms. The fraction of sp³-hybridized carbons (Fsp3) is 0.235. The van der Waals surface area contributed by atoms with Crippen molar-refractivity contribution in [2.45, 2.75) is 18.7 Å². The Kier molecular flexibility index (Phi) is 5.61. The van der Waals surface area contributed by atoms with Gasteiger partial charge in [-0.25, -0.2) is 0 Å². The molecule has 0 heterocycles. The van der Waals surface area contributed by atoms with Crippen LogP contribution in [0.15, 0.2) is 48.5 Å². The molecule has 2 aromatic rings. The van der Waals surface area contributed by atoms with Gasteiger partial charge in [-0.15, -0.1) is 0 Å². The van der Waals surface area contributed by atoms with Crippen LogP contribution in [0, 0.1) is 0 Å². The van der Waals surface area contributed by atoms with Gasteiger partial charge in [0.2, 0.25) is 0 Å². The first kappa shape index (κ1) is 18.7. The van der Waals surface area contributed by atoms with Crippen LogP contribution in [0.1, 0.15) is 15.9 Å². The minimum Gasteiger partial charge on any atom is -0.485 e. The standard InChI is InChI=1S/C17H13F5O3/c18-16(19,17(20,21)22)11-25-14-7-6-13(9-23)8-15(14)24-10-12-4-2-1-3-5-12/h1-9H,10-11H2. The monoisotopic (exact) mass is 360 g/mol. The molecule has 0 atom stereocenters. The van der Waals surface area contributed by atoms with Gasteiger partial charge in [0.1, 0.15) is 12.9 Å². The van der Waals surface area contributed by atoms with E-state index in [4.69, 9.17) is 4.74 Å². The number of aldehydes is 1. The highest BCUT2D eigenvalue weighted by atomic mass is 19.4. The number of halogens is 5. The first-order valence-electron chi connectivity index (χ1n) is 7.06. The lowest BCUT2D eigenvalue weighted by Crippen LogP contribution is -2.41. The fourth-order valence-corrected chi connectivity index (χ4v) is 1.82. The second-order valence-corrected chi connectivity index (χ2v) is 5.09. The number of ether oxygens (including phenoxy) is 2. The van der Waals surface area contributed by atoms with E-state index in [2.05, 4.69) is 4.74 Å². The summed E-state index contributed by atoms with van der Waals surface area (Å²) in [5.41, 5.74) is 0.906. The molecule has 0 aliphatic heterocycles. The summed E-state index contributed by atoms with van der Waals surface area (Å²) in [6, 6.07) is 12.3. The predicted molar refractivity (Wildman–Crippen MR) is 79.1 cm³/mol. The van der Waals surface area contributed by atoms with Crippen molar-refractivity contribution >= 4 is 6.29 Å². The molecular formula is C17H13F5O3. The molecule has 25 heavy (non-hydrogen) atoms. The topological polar surface area (TPSA) is 35.5 Å². The summed E-state index contributed by atoms with van der Waals surface area (Å²) in [6.07, 6.45) is -5.23. The van der Waals surface area contributed by atoms with Crippen molar-refractivity contribution in [3.63, 3.8) is 0 Å². The second-order valence-electron chi connectivity index (χ2n) is 5.09. The summed E-state index contributed by atoms with van der Waals surface area (Å²) < 4.78 is 72.7. The number of carbonyl (C=O) groups is 1. The SMILES string of the molecule is O=Cc1ccc(OCC(F)(F)C(F)(F)F)c(OCc2ccccc2)c1. The van der Waals surface area contributed by atoms with E-state index < -0.39 is 18.7 Å². The van der Waals surface area contributed by atoms with Crippen LogP contribution in [0.5, 0.6) is 11.5 Å². The van der Waals surface area contributed by atoms with E-state index in [1.165, 1.54) is 12.1 Å². The molecule has 0 aliphatic carbocycles. The van der Waals surface area contributed by atoms with Gasteiger partial charge < -0.3 is 9.47 Å². The number of carbonyl (C=O) groups excluding carboxylic acids is 1. The zero-order valence-corrected chi connectivity index (χ0v) is 12.7. The third kappa shape index (κ3) is 4.91. The fourth-order valence-electron chi connectivity index (χ4n) is 1.82. The van der Waals surface area contributed by atoms with Crippen molar-refractivity contribution in [2.24, 2.45) is 0 Å². The van der Waals surface area contributed by atoms with Crippen LogP contribution in [0.25, 0.3) is 0 Å². The first-order valence-corrected chi connectivity index (χ1v) is 7.06. The van der Waals surface area contributed by atoms with Gasteiger partial charge in [-0.3, -0.25) is 4.79 Å². The van der Waals surface area contributed by atoms with Gasteiger partial charge in [-0.2, -0.15) is 22.0 Å². The molecule has 134 valence electrons. The number of hydrogen-bond acceptors (Lipinski definition) is 3. The van der Waals surface area contributed by atoms with Gasteiger partial charge in [-0.1, -0.05) is 30.3 Å².